The number of nitrogens with one attached hydrogen (secondary N) is 2. The van der Waals surface area contributed by atoms with Crippen LogP contribution in [-0.4, -0.2) is 10.9 Å². The fraction of sp³-hybridized carbons (Fsp3) is 0.250. The van der Waals surface area contributed by atoms with Crippen molar-refractivity contribution in [2.45, 2.75) is 25.8 Å². The van der Waals surface area contributed by atoms with Crippen LogP contribution in [0.2, 0.25) is 0 Å². The van der Waals surface area contributed by atoms with E-state index < -0.39 is 0 Å². The lowest BCUT2D eigenvalue weighted by Gasteiger charge is -2.06. The molecule has 3 rings (SSSR count). The summed E-state index contributed by atoms with van der Waals surface area (Å²) in [6.07, 6.45) is 2.88. The molecule has 1 aromatic carbocycles. The normalized spacial score (nSPS) is 13.0. The topological polar surface area (TPSA) is 62.0 Å². The molecule has 4 heteroatoms. The smallest absolute Gasteiger partial charge is 0.261 e. The standard InChI is InChI=1S/C16H16N2O2/c19-15(17-10-11-5-2-1-3-6-11)13-9-12-7-4-8-14(12)18-16(13)20/h1-3,5-6,9H,4,7-8,10H2,(H,17,19)(H,18,20). The Hall–Kier alpha value is -2.36. The van der Waals surface area contributed by atoms with E-state index in [1.165, 1.54) is 0 Å². The third-order valence-electron chi connectivity index (χ3n) is 3.63. The van der Waals surface area contributed by atoms with E-state index in [2.05, 4.69) is 10.3 Å². The molecule has 2 aromatic rings. The highest BCUT2D eigenvalue weighted by Crippen LogP contribution is 2.18. The van der Waals surface area contributed by atoms with Crippen molar-refractivity contribution < 1.29 is 4.79 Å². The van der Waals surface area contributed by atoms with Crippen LogP contribution in [0.4, 0.5) is 0 Å². The lowest BCUT2D eigenvalue weighted by Crippen LogP contribution is -2.29. The SMILES string of the molecule is O=C(NCc1ccccc1)c1cc2c([nH]c1=O)CCC2. The minimum atomic E-state index is -0.315. The second-order valence-corrected chi connectivity index (χ2v) is 5.04. The molecule has 1 heterocycles. The second kappa shape index (κ2) is 5.33. The summed E-state index contributed by atoms with van der Waals surface area (Å²) in [5.74, 6) is -0.315. The lowest BCUT2D eigenvalue weighted by molar-refractivity contribution is 0.0949. The number of pyridine rings is 1. The van der Waals surface area contributed by atoms with Crippen LogP contribution >= 0.6 is 0 Å². The summed E-state index contributed by atoms with van der Waals surface area (Å²) in [4.78, 5) is 26.8. The van der Waals surface area contributed by atoms with Gasteiger partial charge in [0.25, 0.3) is 11.5 Å². The monoisotopic (exact) mass is 268 g/mol. The Balaban J connectivity index is 1.76. The van der Waals surface area contributed by atoms with Crippen LogP contribution < -0.4 is 10.9 Å². The molecule has 102 valence electrons. The van der Waals surface area contributed by atoms with Crippen molar-refractivity contribution in [1.29, 1.82) is 0 Å². The highest BCUT2D eigenvalue weighted by Gasteiger charge is 2.17. The van der Waals surface area contributed by atoms with Gasteiger partial charge in [0.2, 0.25) is 0 Å². The first-order valence-electron chi connectivity index (χ1n) is 6.81. The van der Waals surface area contributed by atoms with Gasteiger partial charge in [-0.1, -0.05) is 30.3 Å². The van der Waals surface area contributed by atoms with Crippen LogP contribution in [0.3, 0.4) is 0 Å². The highest BCUT2D eigenvalue weighted by atomic mass is 16.2. The Morgan fingerprint density at radius 3 is 2.80 bits per heavy atom. The molecule has 0 bridgehead atoms. The van der Waals surface area contributed by atoms with E-state index in [9.17, 15) is 9.59 Å². The van der Waals surface area contributed by atoms with Crippen molar-refractivity contribution in [3.05, 3.63) is 69.1 Å². The number of aryl methyl sites for hydroxylation is 2. The highest BCUT2D eigenvalue weighted by molar-refractivity contribution is 5.94. The molecular formula is C16H16N2O2. The molecule has 0 aliphatic heterocycles. The minimum absolute atomic E-state index is 0.210. The van der Waals surface area contributed by atoms with E-state index >= 15 is 0 Å². The van der Waals surface area contributed by atoms with E-state index in [1.807, 2.05) is 30.3 Å². The first-order valence-corrected chi connectivity index (χ1v) is 6.81. The molecule has 1 amide bonds. The maximum Gasteiger partial charge on any atom is 0.261 e. The van der Waals surface area contributed by atoms with Crippen LogP contribution in [0.25, 0.3) is 0 Å². The van der Waals surface area contributed by atoms with Gasteiger partial charge in [0, 0.05) is 12.2 Å². The van der Waals surface area contributed by atoms with Crippen molar-refractivity contribution in [3.63, 3.8) is 0 Å². The van der Waals surface area contributed by atoms with Gasteiger partial charge in [-0.3, -0.25) is 9.59 Å². The van der Waals surface area contributed by atoms with Gasteiger partial charge in [0.1, 0.15) is 5.56 Å². The van der Waals surface area contributed by atoms with E-state index in [-0.39, 0.29) is 17.0 Å². The van der Waals surface area contributed by atoms with E-state index in [0.29, 0.717) is 6.54 Å². The van der Waals surface area contributed by atoms with Crippen molar-refractivity contribution in [3.8, 4) is 0 Å². The summed E-state index contributed by atoms with van der Waals surface area (Å²) in [6, 6.07) is 11.4. The minimum Gasteiger partial charge on any atom is -0.348 e. The summed E-state index contributed by atoms with van der Waals surface area (Å²) in [7, 11) is 0. The van der Waals surface area contributed by atoms with Crippen molar-refractivity contribution in [1.82, 2.24) is 10.3 Å². The first kappa shape index (κ1) is 12.7. The fourth-order valence-electron chi connectivity index (χ4n) is 2.56. The maximum atomic E-state index is 12.1. The Kier molecular flexibility index (Phi) is 3.37. The van der Waals surface area contributed by atoms with Gasteiger partial charge in [0.15, 0.2) is 0 Å². The van der Waals surface area contributed by atoms with Crippen LogP contribution in [0, 0.1) is 0 Å². The molecule has 0 fully saturated rings. The Labute approximate surface area is 116 Å². The van der Waals surface area contributed by atoms with Gasteiger partial charge in [0.05, 0.1) is 0 Å². The quantitative estimate of drug-likeness (QED) is 0.891. The predicted molar refractivity (Wildman–Crippen MR) is 76.7 cm³/mol. The van der Waals surface area contributed by atoms with Crippen LogP contribution in [0.1, 0.15) is 33.6 Å². The van der Waals surface area contributed by atoms with E-state index in [0.717, 1.165) is 36.1 Å². The molecule has 0 atom stereocenters. The van der Waals surface area contributed by atoms with Gasteiger partial charge in [-0.25, -0.2) is 0 Å². The van der Waals surface area contributed by atoms with Crippen molar-refractivity contribution >= 4 is 5.91 Å². The average molecular weight is 268 g/mol. The molecule has 0 radical (unpaired) electrons. The maximum absolute atomic E-state index is 12.1. The molecule has 0 saturated heterocycles. The lowest BCUT2D eigenvalue weighted by atomic mass is 10.1. The molecular weight excluding hydrogens is 252 g/mol. The van der Waals surface area contributed by atoms with Crippen LogP contribution in [0.15, 0.2) is 41.2 Å². The number of hydrogen-bond acceptors (Lipinski definition) is 2. The number of hydrogen-bond donors (Lipinski definition) is 2. The molecule has 20 heavy (non-hydrogen) atoms. The number of amides is 1. The number of carbonyl (C=O) groups is 1. The number of H-pyrrole nitrogens is 1. The van der Waals surface area contributed by atoms with Gasteiger partial charge < -0.3 is 10.3 Å². The zero-order valence-electron chi connectivity index (χ0n) is 11.1. The second-order valence-electron chi connectivity index (χ2n) is 5.04. The third kappa shape index (κ3) is 2.50. The fourth-order valence-corrected chi connectivity index (χ4v) is 2.56. The molecule has 0 spiro atoms. The molecule has 1 aliphatic rings. The van der Waals surface area contributed by atoms with Crippen LogP contribution in [-0.2, 0) is 19.4 Å². The zero-order valence-corrected chi connectivity index (χ0v) is 11.1. The predicted octanol–water partition coefficient (Wildman–Crippen LogP) is 1.79. The van der Waals surface area contributed by atoms with Gasteiger partial charge in [-0.05, 0) is 36.5 Å². The largest absolute Gasteiger partial charge is 0.348 e. The van der Waals surface area contributed by atoms with Gasteiger partial charge >= 0.3 is 0 Å². The van der Waals surface area contributed by atoms with Crippen molar-refractivity contribution in [2.75, 3.05) is 0 Å². The number of benzene rings is 1. The van der Waals surface area contributed by atoms with Crippen molar-refractivity contribution in [2.24, 2.45) is 0 Å². The number of aromatic nitrogens is 1. The van der Waals surface area contributed by atoms with Gasteiger partial charge in [-0.15, -0.1) is 0 Å². The summed E-state index contributed by atoms with van der Waals surface area (Å²) in [5.41, 5.74) is 3.00. The molecule has 4 nitrogen and oxygen atoms in total. The average Bonchev–Trinajstić information content (AvgIpc) is 2.92. The zero-order chi connectivity index (χ0) is 13.9. The number of carbonyl (C=O) groups excluding carboxylic acids is 1. The molecule has 0 saturated carbocycles. The number of aromatic amines is 1. The number of fused-ring (bicyclic) bond motifs is 1. The van der Waals surface area contributed by atoms with E-state index in [1.54, 1.807) is 6.07 Å². The Bertz CT molecular complexity index is 689. The first-order chi connectivity index (χ1) is 9.74. The van der Waals surface area contributed by atoms with Gasteiger partial charge in [-0.2, -0.15) is 0 Å². The molecule has 1 aromatic heterocycles. The van der Waals surface area contributed by atoms with Crippen LogP contribution in [0.5, 0.6) is 0 Å². The van der Waals surface area contributed by atoms with E-state index in [4.69, 9.17) is 0 Å². The summed E-state index contributed by atoms with van der Waals surface area (Å²) < 4.78 is 0. The third-order valence-corrected chi connectivity index (χ3v) is 3.63. The summed E-state index contributed by atoms with van der Waals surface area (Å²) in [6.45, 7) is 0.427. The Morgan fingerprint density at radius 1 is 1.20 bits per heavy atom. The Morgan fingerprint density at radius 2 is 2.00 bits per heavy atom. The summed E-state index contributed by atoms with van der Waals surface area (Å²) >= 11 is 0. The molecule has 0 unspecified atom stereocenters. The summed E-state index contributed by atoms with van der Waals surface area (Å²) in [5, 5.41) is 2.79. The molecule has 2 N–H and O–H groups in total. The molecule has 1 aliphatic carbocycles. The number of rotatable bonds is 3.